The number of carbonyl (C=O) groups is 2. The zero-order chi connectivity index (χ0) is 17.9. The Labute approximate surface area is 151 Å². The molecule has 3 amide bonds. The van der Waals surface area contributed by atoms with Gasteiger partial charge in [0.15, 0.2) is 0 Å². The van der Waals surface area contributed by atoms with Crippen molar-refractivity contribution in [2.75, 3.05) is 32.1 Å². The smallest absolute Gasteiger partial charge is 0.321 e. The number of rotatable bonds is 8. The lowest BCUT2D eigenvalue weighted by molar-refractivity contribution is -0.118. The summed E-state index contributed by atoms with van der Waals surface area (Å²) in [6.07, 6.45) is 0. The molecule has 0 aliphatic carbocycles. The molecule has 0 aromatic heterocycles. The summed E-state index contributed by atoms with van der Waals surface area (Å²) in [6, 6.07) is 17.2. The number of para-hydroxylation sites is 1. The number of urea groups is 1. The van der Waals surface area contributed by atoms with Crippen molar-refractivity contribution in [2.24, 2.45) is 0 Å². The Balaban J connectivity index is 1.86. The maximum absolute atomic E-state index is 11.9. The fourth-order valence-electron chi connectivity index (χ4n) is 1.97. The highest BCUT2D eigenvalue weighted by Gasteiger charge is 2.09. The first kappa shape index (κ1) is 18.8. The monoisotopic (exact) mass is 359 g/mol. The highest BCUT2D eigenvalue weighted by Crippen LogP contribution is 2.32. The van der Waals surface area contributed by atoms with Gasteiger partial charge in [0.1, 0.15) is 0 Å². The lowest BCUT2D eigenvalue weighted by atomic mass is 10.3. The van der Waals surface area contributed by atoms with Crippen LogP contribution < -0.4 is 16.0 Å². The van der Waals surface area contributed by atoms with Gasteiger partial charge in [0.25, 0.3) is 0 Å². The molecule has 0 unspecified atom stereocenters. The van der Waals surface area contributed by atoms with Gasteiger partial charge in [-0.05, 0) is 24.3 Å². The Kier molecular flexibility index (Phi) is 7.81. The van der Waals surface area contributed by atoms with Crippen molar-refractivity contribution >= 4 is 29.4 Å². The number of amides is 3. The van der Waals surface area contributed by atoms with Crippen LogP contribution in [-0.4, -0.2) is 38.7 Å². The topological polar surface area (TPSA) is 79.5 Å². The van der Waals surface area contributed by atoms with Crippen molar-refractivity contribution in [3.8, 4) is 0 Å². The molecule has 0 saturated heterocycles. The summed E-state index contributed by atoms with van der Waals surface area (Å²) in [6.45, 7) is 0.744. The predicted octanol–water partition coefficient (Wildman–Crippen LogP) is 2.72. The molecule has 0 spiro atoms. The van der Waals surface area contributed by atoms with Gasteiger partial charge < -0.3 is 15.4 Å². The standard InChI is InChI=1S/C18H21N3O3S/c1-24-12-11-19-18(23)21-17(22)13-20-15-9-5-6-10-16(15)25-14-7-3-2-4-8-14/h2-10,20H,11-13H2,1H3,(H2,19,21,22,23). The molecule has 0 aliphatic rings. The number of imide groups is 1. The Bertz CT molecular complexity index is 695. The second kappa shape index (κ2) is 10.4. The number of hydrogen-bond acceptors (Lipinski definition) is 5. The Morgan fingerprint density at radius 1 is 1.04 bits per heavy atom. The normalized spacial score (nSPS) is 10.1. The fourth-order valence-corrected chi connectivity index (χ4v) is 2.92. The van der Waals surface area contributed by atoms with Crippen LogP contribution in [0.25, 0.3) is 0 Å². The van der Waals surface area contributed by atoms with E-state index < -0.39 is 11.9 Å². The number of benzene rings is 2. The summed E-state index contributed by atoms with van der Waals surface area (Å²) in [4.78, 5) is 25.5. The van der Waals surface area contributed by atoms with Crippen molar-refractivity contribution in [1.82, 2.24) is 10.6 Å². The van der Waals surface area contributed by atoms with Crippen LogP contribution in [0, 0.1) is 0 Å². The lowest BCUT2D eigenvalue weighted by Gasteiger charge is -2.12. The van der Waals surface area contributed by atoms with Crippen LogP contribution in [0.1, 0.15) is 0 Å². The van der Waals surface area contributed by atoms with Crippen molar-refractivity contribution in [3.05, 3.63) is 54.6 Å². The Morgan fingerprint density at radius 2 is 1.76 bits per heavy atom. The average Bonchev–Trinajstić information content (AvgIpc) is 2.62. The summed E-state index contributed by atoms with van der Waals surface area (Å²) in [7, 11) is 1.54. The molecular formula is C18H21N3O3S. The van der Waals surface area contributed by atoms with Gasteiger partial charge in [0.2, 0.25) is 5.91 Å². The number of anilines is 1. The molecule has 7 heteroatoms. The van der Waals surface area contributed by atoms with E-state index in [0.29, 0.717) is 13.2 Å². The van der Waals surface area contributed by atoms with E-state index in [0.717, 1.165) is 15.5 Å². The molecule has 0 bridgehead atoms. The van der Waals surface area contributed by atoms with E-state index in [1.54, 1.807) is 18.9 Å². The van der Waals surface area contributed by atoms with Crippen LogP contribution in [0.5, 0.6) is 0 Å². The minimum atomic E-state index is -0.532. The highest BCUT2D eigenvalue weighted by molar-refractivity contribution is 7.99. The van der Waals surface area contributed by atoms with Crippen molar-refractivity contribution < 1.29 is 14.3 Å². The molecular weight excluding hydrogens is 338 g/mol. The SMILES string of the molecule is COCCNC(=O)NC(=O)CNc1ccccc1Sc1ccccc1. The van der Waals surface area contributed by atoms with Crippen molar-refractivity contribution in [2.45, 2.75) is 9.79 Å². The third-order valence-electron chi connectivity index (χ3n) is 3.14. The zero-order valence-electron chi connectivity index (χ0n) is 14.0. The fraction of sp³-hybridized carbons (Fsp3) is 0.222. The first-order valence-electron chi connectivity index (χ1n) is 7.81. The summed E-state index contributed by atoms with van der Waals surface area (Å²) < 4.78 is 4.82. The molecule has 132 valence electrons. The first-order valence-corrected chi connectivity index (χ1v) is 8.63. The summed E-state index contributed by atoms with van der Waals surface area (Å²) >= 11 is 1.61. The Hall–Kier alpha value is -2.51. The van der Waals surface area contributed by atoms with Gasteiger partial charge in [-0.3, -0.25) is 10.1 Å². The molecule has 3 N–H and O–H groups in total. The summed E-state index contributed by atoms with van der Waals surface area (Å²) in [5, 5.41) is 7.86. The van der Waals surface area contributed by atoms with Crippen LogP contribution in [0.3, 0.4) is 0 Å². The quantitative estimate of drug-likeness (QED) is 0.632. The number of hydrogen-bond donors (Lipinski definition) is 3. The van der Waals surface area contributed by atoms with Crippen LogP contribution in [0.4, 0.5) is 10.5 Å². The van der Waals surface area contributed by atoms with E-state index >= 15 is 0 Å². The van der Waals surface area contributed by atoms with Crippen LogP contribution in [-0.2, 0) is 9.53 Å². The van der Waals surface area contributed by atoms with Gasteiger partial charge in [-0.2, -0.15) is 0 Å². The number of nitrogens with one attached hydrogen (secondary N) is 3. The van der Waals surface area contributed by atoms with E-state index in [9.17, 15) is 9.59 Å². The molecule has 0 heterocycles. The molecule has 2 aromatic rings. The largest absolute Gasteiger partial charge is 0.383 e. The maximum atomic E-state index is 11.9. The molecule has 2 aromatic carbocycles. The highest BCUT2D eigenvalue weighted by atomic mass is 32.2. The van der Waals surface area contributed by atoms with Gasteiger partial charge in [0.05, 0.1) is 13.2 Å². The predicted molar refractivity (Wildman–Crippen MR) is 98.9 cm³/mol. The van der Waals surface area contributed by atoms with Crippen LogP contribution >= 0.6 is 11.8 Å². The van der Waals surface area contributed by atoms with Gasteiger partial charge in [0, 0.05) is 29.1 Å². The number of carbonyl (C=O) groups excluding carboxylic acids is 2. The Morgan fingerprint density at radius 3 is 2.52 bits per heavy atom. The third kappa shape index (κ3) is 6.86. The molecule has 0 radical (unpaired) electrons. The molecule has 0 aliphatic heterocycles. The van der Waals surface area contributed by atoms with Gasteiger partial charge >= 0.3 is 6.03 Å². The maximum Gasteiger partial charge on any atom is 0.321 e. The lowest BCUT2D eigenvalue weighted by Crippen LogP contribution is -2.43. The van der Waals surface area contributed by atoms with Gasteiger partial charge in [-0.15, -0.1) is 0 Å². The second-order valence-electron chi connectivity index (χ2n) is 5.06. The van der Waals surface area contributed by atoms with Crippen molar-refractivity contribution in [1.29, 1.82) is 0 Å². The van der Waals surface area contributed by atoms with E-state index in [1.807, 2.05) is 54.6 Å². The molecule has 25 heavy (non-hydrogen) atoms. The van der Waals surface area contributed by atoms with E-state index in [1.165, 1.54) is 0 Å². The third-order valence-corrected chi connectivity index (χ3v) is 4.23. The molecule has 0 atom stereocenters. The number of ether oxygens (including phenoxy) is 1. The van der Waals surface area contributed by atoms with E-state index in [4.69, 9.17) is 4.74 Å². The van der Waals surface area contributed by atoms with Crippen LogP contribution in [0.15, 0.2) is 64.4 Å². The molecule has 6 nitrogen and oxygen atoms in total. The molecule has 0 fully saturated rings. The van der Waals surface area contributed by atoms with Crippen LogP contribution in [0.2, 0.25) is 0 Å². The van der Waals surface area contributed by atoms with E-state index in [2.05, 4.69) is 16.0 Å². The summed E-state index contributed by atoms with van der Waals surface area (Å²) in [5.74, 6) is -0.408. The van der Waals surface area contributed by atoms with Crippen molar-refractivity contribution in [3.63, 3.8) is 0 Å². The zero-order valence-corrected chi connectivity index (χ0v) is 14.8. The molecule has 0 saturated carbocycles. The van der Waals surface area contributed by atoms with Gasteiger partial charge in [-0.25, -0.2) is 4.79 Å². The second-order valence-corrected chi connectivity index (χ2v) is 6.18. The minimum absolute atomic E-state index is 0.00403. The van der Waals surface area contributed by atoms with E-state index in [-0.39, 0.29) is 6.54 Å². The average molecular weight is 359 g/mol. The first-order chi connectivity index (χ1) is 12.2. The minimum Gasteiger partial charge on any atom is -0.383 e. The molecule has 2 rings (SSSR count). The number of methoxy groups -OCH3 is 1. The summed E-state index contributed by atoms with van der Waals surface area (Å²) in [5.41, 5.74) is 0.839. The van der Waals surface area contributed by atoms with Gasteiger partial charge in [-0.1, -0.05) is 42.1 Å².